The molecule has 0 aliphatic heterocycles. The number of thiazole rings is 1. The Morgan fingerprint density at radius 2 is 2.73 bits per heavy atom. The molecule has 0 aliphatic carbocycles. The molecule has 0 aliphatic rings. The molecule has 0 unspecified atom stereocenters. The minimum atomic E-state index is -0.349. The Hall–Kier alpha value is -0.900. The summed E-state index contributed by atoms with van der Waals surface area (Å²) in [5.74, 6) is -0.349. The largest absolute Gasteiger partial charge is 0.460 e. The third kappa shape index (κ3) is 2.31. The molecule has 0 aromatic carbocycles. The molecular weight excluding hydrogens is 162 g/mol. The summed E-state index contributed by atoms with van der Waals surface area (Å²) in [6, 6.07) is 0. The van der Waals surface area contributed by atoms with Crippen LogP contribution in [-0.2, 0) is 4.74 Å². The van der Waals surface area contributed by atoms with Crippen LogP contribution in [0.1, 0.15) is 23.1 Å². The zero-order chi connectivity index (χ0) is 8.10. The predicted molar refractivity (Wildman–Crippen MR) is 41.5 cm³/mol. The first-order valence-electron chi connectivity index (χ1n) is 3.33. The van der Waals surface area contributed by atoms with Crippen LogP contribution in [0.4, 0.5) is 0 Å². The van der Waals surface area contributed by atoms with Gasteiger partial charge in [0.25, 0.3) is 0 Å². The minimum absolute atomic E-state index is 0.349. The summed E-state index contributed by atoms with van der Waals surface area (Å²) in [4.78, 5) is 14.7. The van der Waals surface area contributed by atoms with E-state index < -0.39 is 0 Å². The zero-order valence-electron chi connectivity index (χ0n) is 6.16. The highest BCUT2D eigenvalue weighted by Gasteiger charge is 2.08. The Bertz CT molecular complexity index is 220. The summed E-state index contributed by atoms with van der Waals surface area (Å²) in [6.07, 6.45) is 3.39. The normalized spacial score (nSPS) is 9.55. The van der Waals surface area contributed by atoms with Gasteiger partial charge in [0.2, 0.25) is 5.01 Å². The molecule has 4 heteroatoms. The van der Waals surface area contributed by atoms with Crippen molar-refractivity contribution in [3.8, 4) is 0 Å². The topological polar surface area (TPSA) is 39.2 Å². The van der Waals surface area contributed by atoms with Gasteiger partial charge in [0.05, 0.1) is 6.61 Å². The van der Waals surface area contributed by atoms with Gasteiger partial charge in [0.15, 0.2) is 0 Å². The summed E-state index contributed by atoms with van der Waals surface area (Å²) in [6.45, 7) is 2.40. The van der Waals surface area contributed by atoms with Gasteiger partial charge in [-0.3, -0.25) is 0 Å². The maximum absolute atomic E-state index is 11.0. The number of hydrogen-bond acceptors (Lipinski definition) is 4. The maximum atomic E-state index is 11.0. The highest BCUT2D eigenvalue weighted by Crippen LogP contribution is 2.04. The number of rotatable bonds is 3. The molecule has 59 valence electrons. The number of ether oxygens (including phenoxy) is 1. The van der Waals surface area contributed by atoms with E-state index in [0.717, 1.165) is 6.42 Å². The highest BCUT2D eigenvalue weighted by molar-refractivity contribution is 7.11. The molecule has 0 atom stereocenters. The predicted octanol–water partition coefficient (Wildman–Crippen LogP) is 1.51. The molecule has 1 aromatic rings. The van der Waals surface area contributed by atoms with Gasteiger partial charge in [0, 0.05) is 5.38 Å². The maximum Gasteiger partial charge on any atom is 0.367 e. The van der Waals surface area contributed by atoms with Crippen LogP contribution in [0.3, 0.4) is 0 Å². The first kappa shape index (κ1) is 8.20. The van der Waals surface area contributed by atoms with E-state index >= 15 is 0 Å². The van der Waals surface area contributed by atoms with E-state index in [1.165, 1.54) is 11.3 Å². The van der Waals surface area contributed by atoms with E-state index in [-0.39, 0.29) is 5.97 Å². The number of hydrogen-bond donors (Lipinski definition) is 0. The Morgan fingerprint density at radius 3 is 3.27 bits per heavy atom. The molecule has 3 nitrogen and oxygen atoms in total. The highest BCUT2D eigenvalue weighted by atomic mass is 32.1. The molecule has 0 saturated carbocycles. The first-order valence-corrected chi connectivity index (χ1v) is 4.21. The average molecular weight is 170 g/mol. The third-order valence-electron chi connectivity index (χ3n) is 1.00. The van der Waals surface area contributed by atoms with Crippen molar-refractivity contribution in [2.45, 2.75) is 13.3 Å². The monoisotopic (exact) mass is 170 g/mol. The first-order chi connectivity index (χ1) is 5.34. The molecular formula is C7H8NO2S. The summed E-state index contributed by atoms with van der Waals surface area (Å²) in [5.41, 5.74) is 0. The molecule has 0 N–H and O–H groups in total. The second-order valence-corrected chi connectivity index (χ2v) is 2.78. The molecule has 0 fully saturated rings. The minimum Gasteiger partial charge on any atom is -0.460 e. The lowest BCUT2D eigenvalue weighted by Crippen LogP contribution is -2.04. The van der Waals surface area contributed by atoms with Crippen molar-refractivity contribution in [1.82, 2.24) is 4.98 Å². The Morgan fingerprint density at radius 1 is 1.91 bits per heavy atom. The molecule has 11 heavy (non-hydrogen) atoms. The molecule has 0 amide bonds. The lowest BCUT2D eigenvalue weighted by molar-refractivity contribution is 0.0504. The summed E-state index contributed by atoms with van der Waals surface area (Å²) < 4.78 is 4.82. The van der Waals surface area contributed by atoms with E-state index in [9.17, 15) is 4.79 Å². The Balaban J connectivity index is 2.43. The van der Waals surface area contributed by atoms with Gasteiger partial charge in [-0.15, -0.1) is 11.3 Å². The summed E-state index contributed by atoms with van der Waals surface area (Å²) >= 11 is 1.24. The molecule has 0 bridgehead atoms. The summed E-state index contributed by atoms with van der Waals surface area (Å²) in [7, 11) is 0. The van der Waals surface area contributed by atoms with Crippen LogP contribution in [0.2, 0.25) is 0 Å². The van der Waals surface area contributed by atoms with Crippen molar-refractivity contribution >= 4 is 17.3 Å². The number of nitrogens with zero attached hydrogens (tertiary/aromatic N) is 1. The van der Waals surface area contributed by atoms with Crippen LogP contribution in [0.5, 0.6) is 0 Å². The fraction of sp³-hybridized carbons (Fsp3) is 0.429. The van der Waals surface area contributed by atoms with Gasteiger partial charge < -0.3 is 4.74 Å². The lowest BCUT2D eigenvalue weighted by atomic mass is 10.5. The zero-order valence-corrected chi connectivity index (χ0v) is 6.98. The van der Waals surface area contributed by atoms with Crippen LogP contribution in [0, 0.1) is 6.20 Å². The van der Waals surface area contributed by atoms with Crippen molar-refractivity contribution in [3.63, 3.8) is 0 Å². The SMILES string of the molecule is CCCOC(=O)c1n[c]cs1. The van der Waals surface area contributed by atoms with Gasteiger partial charge in [0.1, 0.15) is 6.20 Å². The number of carbonyl (C=O) groups excluding carboxylic acids is 1. The quantitative estimate of drug-likeness (QED) is 0.645. The standard InChI is InChI=1S/C7H8NO2S/c1-2-4-10-7(9)6-8-3-5-11-6/h5H,2,4H2,1H3. The van der Waals surface area contributed by atoms with Crippen LogP contribution in [0.15, 0.2) is 5.38 Å². The number of esters is 1. The van der Waals surface area contributed by atoms with Crippen LogP contribution in [0.25, 0.3) is 0 Å². The van der Waals surface area contributed by atoms with Crippen LogP contribution in [-0.4, -0.2) is 17.6 Å². The van der Waals surface area contributed by atoms with Gasteiger partial charge >= 0.3 is 5.97 Å². The molecule has 0 saturated heterocycles. The lowest BCUT2D eigenvalue weighted by Gasteiger charge is -1.97. The van der Waals surface area contributed by atoms with Gasteiger partial charge in [-0.25, -0.2) is 9.78 Å². The Kier molecular flexibility index (Phi) is 3.04. The van der Waals surface area contributed by atoms with Gasteiger partial charge in [-0.1, -0.05) is 6.92 Å². The van der Waals surface area contributed by atoms with E-state index in [2.05, 4.69) is 11.2 Å². The molecule has 0 spiro atoms. The fourth-order valence-corrected chi connectivity index (χ4v) is 1.02. The molecule has 1 radical (unpaired) electrons. The smallest absolute Gasteiger partial charge is 0.367 e. The van der Waals surface area contributed by atoms with Crippen LogP contribution >= 0.6 is 11.3 Å². The van der Waals surface area contributed by atoms with Crippen molar-refractivity contribution < 1.29 is 9.53 Å². The average Bonchev–Trinajstić information content (AvgIpc) is 2.52. The number of carbonyl (C=O) groups is 1. The van der Waals surface area contributed by atoms with E-state index in [0.29, 0.717) is 11.6 Å². The van der Waals surface area contributed by atoms with Crippen LogP contribution < -0.4 is 0 Å². The second-order valence-electron chi connectivity index (χ2n) is 1.92. The van der Waals surface area contributed by atoms with Gasteiger partial charge in [-0.05, 0) is 6.42 Å². The van der Waals surface area contributed by atoms with Crippen molar-refractivity contribution in [2.75, 3.05) is 6.61 Å². The van der Waals surface area contributed by atoms with Crippen molar-refractivity contribution in [2.24, 2.45) is 0 Å². The van der Waals surface area contributed by atoms with E-state index in [4.69, 9.17) is 4.74 Å². The fourth-order valence-electron chi connectivity index (χ4n) is 0.544. The summed E-state index contributed by atoms with van der Waals surface area (Å²) in [5, 5.41) is 2.00. The van der Waals surface area contributed by atoms with Gasteiger partial charge in [-0.2, -0.15) is 0 Å². The molecule has 1 aromatic heterocycles. The third-order valence-corrected chi connectivity index (χ3v) is 1.71. The molecule has 1 heterocycles. The van der Waals surface area contributed by atoms with Crippen molar-refractivity contribution in [1.29, 1.82) is 0 Å². The van der Waals surface area contributed by atoms with E-state index in [1.807, 2.05) is 6.92 Å². The second kappa shape index (κ2) is 4.08. The van der Waals surface area contributed by atoms with E-state index in [1.54, 1.807) is 5.38 Å². The van der Waals surface area contributed by atoms with Crippen molar-refractivity contribution in [3.05, 3.63) is 16.6 Å². The Labute approximate surface area is 69.0 Å². The number of aromatic nitrogens is 1. The molecule has 1 rings (SSSR count).